The fourth-order valence-corrected chi connectivity index (χ4v) is 2.46. The Morgan fingerprint density at radius 2 is 2.00 bits per heavy atom. The molecule has 2 N–H and O–H groups in total. The van der Waals surface area contributed by atoms with Gasteiger partial charge in [0.25, 0.3) is 0 Å². The van der Waals surface area contributed by atoms with Crippen LogP contribution in [0.4, 0.5) is 4.79 Å². The number of aliphatic carboxylic acids is 1. The van der Waals surface area contributed by atoms with E-state index in [1.54, 1.807) is 14.0 Å². The van der Waals surface area contributed by atoms with Crippen LogP contribution >= 0.6 is 0 Å². The van der Waals surface area contributed by atoms with Gasteiger partial charge in [-0.05, 0) is 18.1 Å². The predicted molar refractivity (Wildman–Crippen MR) is 76.8 cm³/mol. The Morgan fingerprint density at radius 3 is 2.57 bits per heavy atom. The second kappa shape index (κ2) is 6.13. The SMILES string of the molecule is CC(CO)N(C)C(=O)N1Cc2ccccc2CC1C(=O)O. The normalized spacial score (nSPS) is 18.8. The maximum absolute atomic E-state index is 12.5. The molecule has 1 aromatic rings. The molecule has 6 nitrogen and oxygen atoms in total. The third-order valence-corrected chi connectivity index (χ3v) is 4.01. The molecule has 114 valence electrons. The summed E-state index contributed by atoms with van der Waals surface area (Å²) in [6.45, 7) is 1.82. The Balaban J connectivity index is 2.28. The van der Waals surface area contributed by atoms with Gasteiger partial charge in [-0.1, -0.05) is 24.3 Å². The van der Waals surface area contributed by atoms with Crippen molar-refractivity contribution in [2.24, 2.45) is 0 Å². The number of nitrogens with zero attached hydrogens (tertiary/aromatic N) is 2. The van der Waals surface area contributed by atoms with Crippen molar-refractivity contribution in [3.8, 4) is 0 Å². The zero-order valence-corrected chi connectivity index (χ0v) is 12.2. The number of carbonyl (C=O) groups excluding carboxylic acids is 1. The first kappa shape index (κ1) is 15.3. The van der Waals surface area contributed by atoms with Crippen LogP contribution in [0.15, 0.2) is 24.3 Å². The van der Waals surface area contributed by atoms with Crippen molar-refractivity contribution in [1.29, 1.82) is 0 Å². The number of carboxylic acid groups (broad SMARTS) is 1. The van der Waals surface area contributed by atoms with Gasteiger partial charge in [0.1, 0.15) is 6.04 Å². The van der Waals surface area contributed by atoms with E-state index < -0.39 is 12.0 Å². The van der Waals surface area contributed by atoms with Crippen LogP contribution in [-0.4, -0.2) is 57.8 Å². The molecule has 0 aliphatic carbocycles. The molecule has 2 amide bonds. The zero-order chi connectivity index (χ0) is 15.6. The Labute approximate surface area is 123 Å². The number of carboxylic acids is 1. The van der Waals surface area contributed by atoms with Gasteiger partial charge in [-0.15, -0.1) is 0 Å². The number of benzene rings is 1. The van der Waals surface area contributed by atoms with Crippen LogP contribution in [-0.2, 0) is 17.8 Å². The highest BCUT2D eigenvalue weighted by atomic mass is 16.4. The molecule has 1 heterocycles. The van der Waals surface area contributed by atoms with E-state index >= 15 is 0 Å². The van der Waals surface area contributed by atoms with Crippen molar-refractivity contribution in [2.75, 3.05) is 13.7 Å². The fourth-order valence-electron chi connectivity index (χ4n) is 2.46. The molecular weight excluding hydrogens is 272 g/mol. The van der Waals surface area contributed by atoms with E-state index in [4.69, 9.17) is 5.11 Å². The molecular formula is C15H20N2O4. The van der Waals surface area contributed by atoms with Gasteiger partial charge in [-0.25, -0.2) is 9.59 Å². The lowest BCUT2D eigenvalue weighted by atomic mass is 9.94. The number of aliphatic hydroxyl groups is 1. The Morgan fingerprint density at radius 1 is 1.38 bits per heavy atom. The minimum Gasteiger partial charge on any atom is -0.480 e. The standard InChI is InChI=1S/C15H20N2O4/c1-10(9-18)16(2)15(21)17-8-12-6-4-3-5-11(12)7-13(17)14(19)20/h3-6,10,13,18H,7-9H2,1-2H3,(H,19,20). The van der Waals surface area contributed by atoms with Crippen LogP contribution in [0.5, 0.6) is 0 Å². The van der Waals surface area contributed by atoms with Crippen molar-refractivity contribution in [3.63, 3.8) is 0 Å². The molecule has 2 rings (SSSR count). The van der Waals surface area contributed by atoms with Crippen LogP contribution < -0.4 is 0 Å². The van der Waals surface area contributed by atoms with Gasteiger partial charge in [0.05, 0.1) is 12.6 Å². The second-order valence-corrected chi connectivity index (χ2v) is 5.38. The van der Waals surface area contributed by atoms with Crippen molar-refractivity contribution in [1.82, 2.24) is 9.80 Å². The average molecular weight is 292 g/mol. The molecule has 1 aliphatic heterocycles. The number of rotatable bonds is 3. The summed E-state index contributed by atoms with van der Waals surface area (Å²) in [5, 5.41) is 18.6. The number of aliphatic hydroxyl groups excluding tert-OH is 1. The zero-order valence-electron chi connectivity index (χ0n) is 12.2. The quantitative estimate of drug-likeness (QED) is 0.868. The molecule has 0 bridgehead atoms. The van der Waals surface area contributed by atoms with E-state index in [0.717, 1.165) is 11.1 Å². The largest absolute Gasteiger partial charge is 0.480 e. The second-order valence-electron chi connectivity index (χ2n) is 5.38. The summed E-state index contributed by atoms with van der Waals surface area (Å²) in [6.07, 6.45) is 0.304. The highest BCUT2D eigenvalue weighted by Gasteiger charge is 2.36. The first-order chi connectivity index (χ1) is 9.95. The summed E-state index contributed by atoms with van der Waals surface area (Å²) in [5.74, 6) is -1.01. The van der Waals surface area contributed by atoms with E-state index in [0.29, 0.717) is 6.42 Å². The third-order valence-electron chi connectivity index (χ3n) is 4.01. The summed E-state index contributed by atoms with van der Waals surface area (Å²) in [6, 6.07) is 5.94. The van der Waals surface area contributed by atoms with E-state index in [1.807, 2.05) is 24.3 Å². The van der Waals surface area contributed by atoms with Crippen molar-refractivity contribution in [3.05, 3.63) is 35.4 Å². The number of hydrogen-bond acceptors (Lipinski definition) is 3. The molecule has 0 saturated heterocycles. The van der Waals surface area contributed by atoms with Crippen molar-refractivity contribution < 1.29 is 19.8 Å². The highest BCUT2D eigenvalue weighted by Crippen LogP contribution is 2.24. The van der Waals surface area contributed by atoms with Crippen LogP contribution in [0.2, 0.25) is 0 Å². The van der Waals surface area contributed by atoms with Gasteiger partial charge in [0.2, 0.25) is 0 Å². The number of fused-ring (bicyclic) bond motifs is 1. The van der Waals surface area contributed by atoms with Gasteiger partial charge in [-0.3, -0.25) is 0 Å². The lowest BCUT2D eigenvalue weighted by Gasteiger charge is -2.38. The number of hydrogen-bond donors (Lipinski definition) is 2. The van der Waals surface area contributed by atoms with Crippen molar-refractivity contribution >= 4 is 12.0 Å². The minimum atomic E-state index is -1.01. The fraction of sp³-hybridized carbons (Fsp3) is 0.467. The summed E-state index contributed by atoms with van der Waals surface area (Å²) in [4.78, 5) is 26.7. The van der Waals surface area contributed by atoms with E-state index in [1.165, 1.54) is 9.80 Å². The summed E-state index contributed by atoms with van der Waals surface area (Å²) in [5.41, 5.74) is 1.93. The first-order valence-corrected chi connectivity index (χ1v) is 6.89. The number of likely N-dealkylation sites (N-methyl/N-ethyl adjacent to an activating group) is 1. The van der Waals surface area contributed by atoms with Crippen LogP contribution in [0.3, 0.4) is 0 Å². The summed E-state index contributed by atoms with van der Waals surface area (Å²) < 4.78 is 0. The molecule has 0 fully saturated rings. The smallest absolute Gasteiger partial charge is 0.326 e. The van der Waals surface area contributed by atoms with Crippen molar-refractivity contribution in [2.45, 2.75) is 32.0 Å². The summed E-state index contributed by atoms with van der Waals surface area (Å²) >= 11 is 0. The lowest BCUT2D eigenvalue weighted by Crippen LogP contribution is -2.54. The molecule has 2 unspecified atom stereocenters. The van der Waals surface area contributed by atoms with Crippen LogP contribution in [0.25, 0.3) is 0 Å². The van der Waals surface area contributed by atoms with Gasteiger partial charge < -0.3 is 20.0 Å². The number of carbonyl (C=O) groups is 2. The van der Waals surface area contributed by atoms with Crippen LogP contribution in [0, 0.1) is 0 Å². The van der Waals surface area contributed by atoms with Gasteiger partial charge >= 0.3 is 12.0 Å². The molecule has 0 aromatic heterocycles. The molecule has 6 heteroatoms. The van der Waals surface area contributed by atoms with Gasteiger partial charge in [-0.2, -0.15) is 0 Å². The topological polar surface area (TPSA) is 81.1 Å². The van der Waals surface area contributed by atoms with E-state index in [9.17, 15) is 14.7 Å². The Kier molecular flexibility index (Phi) is 4.47. The lowest BCUT2D eigenvalue weighted by molar-refractivity contribution is -0.142. The Hall–Kier alpha value is -2.08. The molecule has 2 atom stereocenters. The molecule has 21 heavy (non-hydrogen) atoms. The average Bonchev–Trinajstić information content (AvgIpc) is 2.51. The first-order valence-electron chi connectivity index (χ1n) is 6.89. The number of urea groups is 1. The third kappa shape index (κ3) is 3.00. The van der Waals surface area contributed by atoms with Crippen LogP contribution in [0.1, 0.15) is 18.1 Å². The number of amides is 2. The molecule has 0 radical (unpaired) electrons. The van der Waals surface area contributed by atoms with E-state index in [2.05, 4.69) is 0 Å². The molecule has 1 aromatic carbocycles. The van der Waals surface area contributed by atoms with Gasteiger partial charge in [0.15, 0.2) is 0 Å². The molecule has 0 saturated carbocycles. The minimum absolute atomic E-state index is 0.162. The van der Waals surface area contributed by atoms with Gasteiger partial charge in [0, 0.05) is 20.0 Å². The molecule has 0 spiro atoms. The molecule has 1 aliphatic rings. The summed E-state index contributed by atoms with van der Waals surface area (Å²) in [7, 11) is 1.57. The maximum Gasteiger partial charge on any atom is 0.326 e. The Bertz CT molecular complexity index is 546. The predicted octanol–water partition coefficient (Wildman–Crippen LogP) is 0.931. The highest BCUT2D eigenvalue weighted by molar-refractivity contribution is 5.83. The van der Waals surface area contributed by atoms with E-state index in [-0.39, 0.29) is 25.2 Å². The maximum atomic E-state index is 12.5. The monoisotopic (exact) mass is 292 g/mol.